The second kappa shape index (κ2) is 4.97. The van der Waals surface area contributed by atoms with Gasteiger partial charge in [0.15, 0.2) is 5.79 Å². The minimum atomic E-state index is -0.338. The summed E-state index contributed by atoms with van der Waals surface area (Å²) >= 11 is 0. The summed E-state index contributed by atoms with van der Waals surface area (Å²) in [5.74, 6) is -0.338. The first kappa shape index (κ1) is 11.0. The quantitative estimate of drug-likeness (QED) is 0.614. The summed E-state index contributed by atoms with van der Waals surface area (Å²) in [4.78, 5) is 0. The minimum absolute atomic E-state index is 0.338. The number of rotatable bonds is 5. The molecule has 0 saturated carbocycles. The molecule has 1 heterocycles. The first-order valence-electron chi connectivity index (χ1n) is 5.46. The molecule has 1 saturated heterocycles. The van der Waals surface area contributed by atoms with Gasteiger partial charge < -0.3 is 9.47 Å². The Morgan fingerprint density at radius 2 is 2.00 bits per heavy atom. The fraction of sp³-hybridized carbons (Fsp3) is 1.00. The number of unbranched alkanes of at least 4 members (excludes halogenated alkanes) is 3. The molecule has 1 aliphatic heterocycles. The van der Waals surface area contributed by atoms with Crippen LogP contribution >= 0.6 is 0 Å². The van der Waals surface area contributed by atoms with Crippen LogP contribution in [0.3, 0.4) is 0 Å². The van der Waals surface area contributed by atoms with Gasteiger partial charge in [-0.05, 0) is 20.3 Å². The summed E-state index contributed by atoms with van der Waals surface area (Å²) in [7, 11) is 0. The second-order valence-electron chi connectivity index (χ2n) is 4.30. The molecule has 1 rings (SSSR count). The summed E-state index contributed by atoms with van der Waals surface area (Å²) in [5.41, 5.74) is 0. The van der Waals surface area contributed by atoms with E-state index >= 15 is 0 Å². The SMILES string of the molecule is CCCCCC[C@@H]1COC(C)(C)O1. The Hall–Kier alpha value is -0.0800. The Morgan fingerprint density at radius 3 is 2.54 bits per heavy atom. The molecular formula is C11H22O2. The highest BCUT2D eigenvalue weighted by atomic mass is 16.7. The lowest BCUT2D eigenvalue weighted by atomic mass is 10.1. The highest BCUT2D eigenvalue weighted by molar-refractivity contribution is 4.70. The Labute approximate surface area is 81.6 Å². The third-order valence-corrected chi connectivity index (χ3v) is 2.45. The van der Waals surface area contributed by atoms with Crippen molar-refractivity contribution in [2.45, 2.75) is 64.8 Å². The van der Waals surface area contributed by atoms with Crippen LogP contribution in [-0.4, -0.2) is 18.5 Å². The zero-order valence-corrected chi connectivity index (χ0v) is 9.14. The zero-order valence-electron chi connectivity index (χ0n) is 9.14. The standard InChI is InChI=1S/C11H22O2/c1-4-5-6-7-8-10-9-12-11(2,3)13-10/h10H,4-9H2,1-3H3/t10-/m1/s1. The molecule has 1 fully saturated rings. The van der Waals surface area contributed by atoms with Gasteiger partial charge in [0.2, 0.25) is 0 Å². The average Bonchev–Trinajstić information content (AvgIpc) is 2.40. The summed E-state index contributed by atoms with van der Waals surface area (Å²) in [6, 6.07) is 0. The highest BCUT2D eigenvalue weighted by Gasteiger charge is 2.31. The maximum atomic E-state index is 5.71. The molecule has 0 N–H and O–H groups in total. The molecule has 2 heteroatoms. The van der Waals surface area contributed by atoms with E-state index in [0.717, 1.165) is 13.0 Å². The third-order valence-electron chi connectivity index (χ3n) is 2.45. The Balaban J connectivity index is 2.04. The van der Waals surface area contributed by atoms with Gasteiger partial charge in [-0.1, -0.05) is 32.6 Å². The van der Waals surface area contributed by atoms with Gasteiger partial charge in [-0.25, -0.2) is 0 Å². The van der Waals surface area contributed by atoms with E-state index in [2.05, 4.69) is 6.92 Å². The molecule has 0 amide bonds. The number of ether oxygens (including phenoxy) is 2. The largest absolute Gasteiger partial charge is 0.348 e. The summed E-state index contributed by atoms with van der Waals surface area (Å²) < 4.78 is 11.2. The summed E-state index contributed by atoms with van der Waals surface area (Å²) in [6.07, 6.45) is 6.75. The van der Waals surface area contributed by atoms with Crippen molar-refractivity contribution in [1.82, 2.24) is 0 Å². The lowest BCUT2D eigenvalue weighted by molar-refractivity contribution is -0.139. The van der Waals surface area contributed by atoms with E-state index in [1.54, 1.807) is 0 Å². The van der Waals surface area contributed by atoms with E-state index in [1.165, 1.54) is 25.7 Å². The molecule has 1 atom stereocenters. The third kappa shape index (κ3) is 4.10. The topological polar surface area (TPSA) is 18.5 Å². The maximum absolute atomic E-state index is 5.71. The normalized spacial score (nSPS) is 26.5. The van der Waals surface area contributed by atoms with E-state index in [9.17, 15) is 0 Å². The minimum Gasteiger partial charge on any atom is -0.348 e. The Bertz CT molecular complexity index is 143. The molecule has 0 spiro atoms. The predicted molar refractivity (Wildman–Crippen MR) is 53.7 cm³/mol. The molecule has 78 valence electrons. The molecule has 0 radical (unpaired) electrons. The van der Waals surface area contributed by atoms with Crippen LogP contribution in [0.4, 0.5) is 0 Å². The van der Waals surface area contributed by atoms with Gasteiger partial charge in [0.05, 0.1) is 12.7 Å². The molecule has 2 nitrogen and oxygen atoms in total. The predicted octanol–water partition coefficient (Wildman–Crippen LogP) is 3.11. The molecule has 0 bridgehead atoms. The van der Waals surface area contributed by atoms with Gasteiger partial charge in [-0.3, -0.25) is 0 Å². The van der Waals surface area contributed by atoms with Gasteiger partial charge >= 0.3 is 0 Å². The lowest BCUT2D eigenvalue weighted by Crippen LogP contribution is -2.21. The van der Waals surface area contributed by atoms with Crippen molar-refractivity contribution in [2.75, 3.05) is 6.61 Å². The van der Waals surface area contributed by atoms with E-state index in [4.69, 9.17) is 9.47 Å². The van der Waals surface area contributed by atoms with E-state index in [0.29, 0.717) is 6.10 Å². The molecule has 0 unspecified atom stereocenters. The van der Waals surface area contributed by atoms with Gasteiger partial charge in [-0.15, -0.1) is 0 Å². The maximum Gasteiger partial charge on any atom is 0.163 e. The summed E-state index contributed by atoms with van der Waals surface area (Å²) in [6.45, 7) is 6.98. The van der Waals surface area contributed by atoms with Gasteiger partial charge in [-0.2, -0.15) is 0 Å². The fourth-order valence-corrected chi connectivity index (χ4v) is 1.70. The van der Waals surface area contributed by atoms with Crippen LogP contribution < -0.4 is 0 Å². The molecule has 0 aliphatic carbocycles. The molecule has 0 aromatic carbocycles. The zero-order chi connectivity index (χ0) is 9.73. The van der Waals surface area contributed by atoms with Crippen molar-refractivity contribution in [3.8, 4) is 0 Å². The van der Waals surface area contributed by atoms with Crippen molar-refractivity contribution >= 4 is 0 Å². The van der Waals surface area contributed by atoms with E-state index in [-0.39, 0.29) is 5.79 Å². The number of hydrogen-bond acceptors (Lipinski definition) is 2. The van der Waals surface area contributed by atoms with Crippen molar-refractivity contribution in [3.05, 3.63) is 0 Å². The van der Waals surface area contributed by atoms with Crippen LogP contribution in [-0.2, 0) is 9.47 Å². The van der Waals surface area contributed by atoms with Gasteiger partial charge in [0.1, 0.15) is 0 Å². The van der Waals surface area contributed by atoms with Crippen molar-refractivity contribution in [3.63, 3.8) is 0 Å². The van der Waals surface area contributed by atoms with Gasteiger partial charge in [0, 0.05) is 0 Å². The van der Waals surface area contributed by atoms with Crippen LogP contribution in [0.5, 0.6) is 0 Å². The van der Waals surface area contributed by atoms with Crippen molar-refractivity contribution in [1.29, 1.82) is 0 Å². The lowest BCUT2D eigenvalue weighted by Gasteiger charge is -2.16. The first-order chi connectivity index (χ1) is 6.14. The Kier molecular flexibility index (Phi) is 4.20. The Morgan fingerprint density at radius 1 is 1.23 bits per heavy atom. The molecule has 0 aromatic heterocycles. The monoisotopic (exact) mass is 186 g/mol. The smallest absolute Gasteiger partial charge is 0.163 e. The van der Waals surface area contributed by atoms with Gasteiger partial charge in [0.25, 0.3) is 0 Å². The van der Waals surface area contributed by atoms with Crippen molar-refractivity contribution < 1.29 is 9.47 Å². The van der Waals surface area contributed by atoms with Crippen LogP contribution in [0.2, 0.25) is 0 Å². The van der Waals surface area contributed by atoms with Crippen LogP contribution in [0.1, 0.15) is 52.9 Å². The van der Waals surface area contributed by atoms with E-state index in [1.807, 2.05) is 13.8 Å². The number of hydrogen-bond donors (Lipinski definition) is 0. The van der Waals surface area contributed by atoms with Crippen LogP contribution in [0.25, 0.3) is 0 Å². The molecular weight excluding hydrogens is 164 g/mol. The summed E-state index contributed by atoms with van der Waals surface area (Å²) in [5, 5.41) is 0. The van der Waals surface area contributed by atoms with Crippen molar-refractivity contribution in [2.24, 2.45) is 0 Å². The average molecular weight is 186 g/mol. The van der Waals surface area contributed by atoms with Crippen LogP contribution in [0.15, 0.2) is 0 Å². The van der Waals surface area contributed by atoms with E-state index < -0.39 is 0 Å². The molecule has 1 aliphatic rings. The fourth-order valence-electron chi connectivity index (χ4n) is 1.70. The highest BCUT2D eigenvalue weighted by Crippen LogP contribution is 2.25. The molecule has 0 aromatic rings. The molecule has 13 heavy (non-hydrogen) atoms. The second-order valence-corrected chi connectivity index (χ2v) is 4.30. The first-order valence-corrected chi connectivity index (χ1v) is 5.46. The van der Waals surface area contributed by atoms with Crippen LogP contribution in [0, 0.1) is 0 Å².